The molecule has 0 fully saturated rings. The molecule has 1 N–H and O–H groups in total. The average Bonchev–Trinajstić information content (AvgIpc) is 2.83. The first-order valence-electron chi connectivity index (χ1n) is 11.8. The van der Waals surface area contributed by atoms with Gasteiger partial charge < -0.3 is 18.9 Å². The number of carbonyl (C=O) groups excluding carboxylic acids is 2. The van der Waals surface area contributed by atoms with Crippen molar-refractivity contribution in [3.63, 3.8) is 0 Å². The van der Waals surface area contributed by atoms with Gasteiger partial charge in [-0.3, -0.25) is 9.59 Å². The summed E-state index contributed by atoms with van der Waals surface area (Å²) in [5, 5.41) is 0.585. The molecule has 13 heteroatoms. The first-order valence-corrected chi connectivity index (χ1v) is 15.0. The van der Waals surface area contributed by atoms with Gasteiger partial charge in [0.25, 0.3) is 0 Å². The summed E-state index contributed by atoms with van der Waals surface area (Å²) in [6.45, 7) is 6.37. The van der Waals surface area contributed by atoms with E-state index < -0.39 is 39.6 Å². The second-order valence-corrected chi connectivity index (χ2v) is 12.2. The van der Waals surface area contributed by atoms with E-state index in [1.165, 1.54) is 13.8 Å². The molecule has 0 amide bonds. The molecule has 0 aliphatic carbocycles. The molecule has 9 nitrogen and oxygen atoms in total. The Hall–Kier alpha value is -2.24. The first kappa shape index (κ1) is 33.0. The van der Waals surface area contributed by atoms with Gasteiger partial charge >= 0.3 is 11.9 Å². The van der Waals surface area contributed by atoms with Crippen LogP contribution in [0.25, 0.3) is 0 Å². The molecule has 0 saturated carbocycles. The Kier molecular flexibility index (Phi) is 12.2. The molecule has 2 rings (SSSR count). The molecule has 0 aliphatic heterocycles. The van der Waals surface area contributed by atoms with E-state index in [0.29, 0.717) is 15.8 Å². The number of halogens is 3. The number of ether oxygens (including phenoxy) is 4. The lowest BCUT2D eigenvalue weighted by Crippen LogP contribution is -2.37. The van der Waals surface area contributed by atoms with Crippen LogP contribution in [0.2, 0.25) is 10.0 Å². The normalized spacial score (nSPS) is 13.3. The van der Waals surface area contributed by atoms with Gasteiger partial charge in [-0.25, -0.2) is 13.1 Å². The third-order valence-corrected chi connectivity index (χ3v) is 7.15. The molecule has 0 aliphatic rings. The highest BCUT2D eigenvalue weighted by atomic mass is 35.5. The molecule has 0 radical (unpaired) electrons. The number of carbonyl (C=O) groups is 2. The molecule has 0 unspecified atom stereocenters. The molecule has 0 spiro atoms. The maximum absolute atomic E-state index is 11.4. The summed E-state index contributed by atoms with van der Waals surface area (Å²) in [4.78, 5) is 22.6. The zero-order valence-corrected chi connectivity index (χ0v) is 25.3. The maximum atomic E-state index is 11.4. The van der Waals surface area contributed by atoms with Crippen molar-refractivity contribution in [1.29, 1.82) is 0 Å². The Bertz CT molecular complexity index is 1230. The van der Waals surface area contributed by atoms with Crippen LogP contribution in [0.5, 0.6) is 11.5 Å². The van der Waals surface area contributed by atoms with E-state index in [1.807, 2.05) is 26.0 Å². The molecule has 39 heavy (non-hydrogen) atoms. The number of hydrogen-bond acceptors (Lipinski definition) is 8. The second kappa shape index (κ2) is 14.4. The Balaban J connectivity index is 2.13. The predicted molar refractivity (Wildman–Crippen MR) is 151 cm³/mol. The first-order chi connectivity index (χ1) is 18.1. The van der Waals surface area contributed by atoms with Crippen LogP contribution in [0.3, 0.4) is 0 Å². The maximum Gasteiger partial charge on any atom is 0.303 e. The number of nitrogens with one attached hydrogen (secondary N) is 1. The topological polar surface area (TPSA) is 117 Å². The minimum atomic E-state index is -3.45. The number of hydrogen-bond donors (Lipinski definition) is 1. The summed E-state index contributed by atoms with van der Waals surface area (Å²) < 4.78 is 46.7. The third-order valence-electron chi connectivity index (χ3n) is 5.56. The van der Waals surface area contributed by atoms with Crippen LogP contribution >= 0.6 is 34.8 Å². The van der Waals surface area contributed by atoms with Gasteiger partial charge in [-0.2, -0.15) is 0 Å². The predicted octanol–water partition coefficient (Wildman–Crippen LogP) is 4.73. The van der Waals surface area contributed by atoms with Gasteiger partial charge in [-0.15, -0.1) is 11.6 Å². The minimum absolute atomic E-state index is 0.00461. The van der Waals surface area contributed by atoms with Crippen molar-refractivity contribution in [3.8, 4) is 11.5 Å². The highest BCUT2D eigenvalue weighted by Gasteiger charge is 2.26. The minimum Gasteiger partial charge on any atom is -0.490 e. The molecular weight excluding hydrogens is 593 g/mol. The Morgan fingerprint density at radius 3 is 1.90 bits per heavy atom. The summed E-state index contributed by atoms with van der Waals surface area (Å²) in [7, 11) is -3.45. The van der Waals surface area contributed by atoms with E-state index in [4.69, 9.17) is 53.8 Å². The van der Waals surface area contributed by atoms with Crippen molar-refractivity contribution in [2.45, 2.75) is 45.3 Å². The Labute approximate surface area is 244 Å². The van der Waals surface area contributed by atoms with Gasteiger partial charge in [0.1, 0.15) is 31.2 Å². The van der Waals surface area contributed by atoms with Gasteiger partial charge in [0.05, 0.1) is 28.7 Å². The van der Waals surface area contributed by atoms with E-state index >= 15 is 0 Å². The molecule has 0 bridgehead atoms. The van der Waals surface area contributed by atoms with Crippen molar-refractivity contribution < 1.29 is 37.0 Å². The number of rotatable bonds is 14. The number of alkyl halides is 1. The quantitative estimate of drug-likeness (QED) is 0.237. The van der Waals surface area contributed by atoms with Crippen molar-refractivity contribution >= 4 is 56.8 Å². The fourth-order valence-corrected chi connectivity index (χ4v) is 4.75. The van der Waals surface area contributed by atoms with Crippen molar-refractivity contribution in [2.24, 2.45) is 0 Å². The van der Waals surface area contributed by atoms with E-state index in [0.717, 1.165) is 17.4 Å². The lowest BCUT2D eigenvalue weighted by atomic mass is 9.78. The fourth-order valence-electron chi connectivity index (χ4n) is 3.52. The molecule has 0 heterocycles. The third kappa shape index (κ3) is 10.7. The zero-order valence-electron chi connectivity index (χ0n) is 22.3. The lowest BCUT2D eigenvalue weighted by Gasteiger charge is -2.27. The highest BCUT2D eigenvalue weighted by Crippen LogP contribution is 2.40. The van der Waals surface area contributed by atoms with Crippen LogP contribution in [0.15, 0.2) is 36.4 Å². The zero-order chi connectivity index (χ0) is 29.4. The van der Waals surface area contributed by atoms with Crippen LogP contribution in [0.1, 0.15) is 38.8 Å². The molecule has 0 saturated heterocycles. The Morgan fingerprint density at radius 1 is 0.897 bits per heavy atom. The van der Waals surface area contributed by atoms with Crippen molar-refractivity contribution in [2.75, 3.05) is 31.9 Å². The van der Waals surface area contributed by atoms with Crippen LogP contribution in [0.4, 0.5) is 0 Å². The molecular formula is C26H32Cl3NO8S. The number of benzene rings is 2. The van der Waals surface area contributed by atoms with E-state index in [1.54, 1.807) is 24.3 Å². The van der Waals surface area contributed by atoms with Crippen LogP contribution in [-0.2, 0) is 34.5 Å². The van der Waals surface area contributed by atoms with Crippen LogP contribution in [0, 0.1) is 0 Å². The summed E-state index contributed by atoms with van der Waals surface area (Å²) in [6, 6.07) is 10.8. The average molecular weight is 625 g/mol. The second-order valence-electron chi connectivity index (χ2n) is 9.28. The summed E-state index contributed by atoms with van der Waals surface area (Å²) in [6.07, 6.45) is -0.427. The van der Waals surface area contributed by atoms with Gasteiger partial charge in [0, 0.05) is 19.3 Å². The number of esters is 2. The summed E-state index contributed by atoms with van der Waals surface area (Å²) >= 11 is 18.8. The largest absolute Gasteiger partial charge is 0.490 e. The molecule has 2 aromatic carbocycles. The fraction of sp³-hybridized carbons (Fsp3) is 0.462. The standard InChI is InChI=1S/C26H32Cl3NO8S/c1-16(31)37-21(12-27)14-36-25-23(28)10-19(11-24(25)29)26(3,4)18-6-8-20(9-7-18)35-15-22(38-17(2)32)13-30-39(5,33)34/h6-11,21-22,30H,12-15H2,1-5H3/t21-,22+/m0/s1. The monoisotopic (exact) mass is 623 g/mol. The number of sulfonamides is 1. The summed E-state index contributed by atoms with van der Waals surface area (Å²) in [5.41, 5.74) is 1.25. The van der Waals surface area contributed by atoms with Gasteiger partial charge in [0.2, 0.25) is 10.0 Å². The molecule has 2 aromatic rings. The lowest BCUT2D eigenvalue weighted by molar-refractivity contribution is -0.148. The van der Waals surface area contributed by atoms with E-state index in [2.05, 4.69) is 4.72 Å². The van der Waals surface area contributed by atoms with Gasteiger partial charge in [0.15, 0.2) is 5.75 Å². The SMILES string of the molecule is CC(=O)O[C@H](CNS(C)(=O)=O)COc1ccc(C(C)(C)c2cc(Cl)c(OC[C@H](CCl)OC(C)=O)c(Cl)c2)cc1. The van der Waals surface area contributed by atoms with Gasteiger partial charge in [-0.05, 0) is 35.4 Å². The van der Waals surface area contributed by atoms with Crippen LogP contribution in [-0.4, -0.2) is 64.5 Å². The molecule has 216 valence electrons. The van der Waals surface area contributed by atoms with E-state index in [9.17, 15) is 18.0 Å². The van der Waals surface area contributed by atoms with Crippen molar-refractivity contribution in [1.82, 2.24) is 4.72 Å². The molecule has 2 atom stereocenters. The van der Waals surface area contributed by atoms with Crippen LogP contribution < -0.4 is 14.2 Å². The summed E-state index contributed by atoms with van der Waals surface area (Å²) in [5.74, 6) is -0.193. The van der Waals surface area contributed by atoms with Crippen molar-refractivity contribution in [3.05, 3.63) is 57.6 Å². The van der Waals surface area contributed by atoms with E-state index in [-0.39, 0.29) is 31.4 Å². The van der Waals surface area contributed by atoms with Gasteiger partial charge in [-0.1, -0.05) is 49.2 Å². The smallest absolute Gasteiger partial charge is 0.303 e. The highest BCUT2D eigenvalue weighted by molar-refractivity contribution is 7.88. The Morgan fingerprint density at radius 2 is 1.41 bits per heavy atom. The molecule has 0 aromatic heterocycles.